The molecule has 1 fully saturated rings. The molecular formula is C20H23N3O2S. The summed E-state index contributed by atoms with van der Waals surface area (Å²) in [4.78, 5) is 28.8. The molecule has 2 aromatic rings. The second kappa shape index (κ2) is 7.21. The molecule has 1 saturated heterocycles. The first kappa shape index (κ1) is 17.2. The molecule has 6 heteroatoms. The minimum absolute atomic E-state index is 0.00728. The van der Waals surface area contributed by atoms with Crippen molar-refractivity contribution in [2.24, 2.45) is 5.92 Å². The van der Waals surface area contributed by atoms with Crippen LogP contribution in [-0.2, 0) is 17.8 Å². The molecule has 2 aliphatic heterocycles. The van der Waals surface area contributed by atoms with E-state index in [2.05, 4.69) is 22.1 Å². The average Bonchev–Trinajstić information content (AvgIpc) is 3.34. The lowest BCUT2D eigenvalue weighted by Gasteiger charge is -2.28. The molecule has 1 unspecified atom stereocenters. The molecule has 5 nitrogen and oxygen atoms in total. The molecule has 2 amide bonds. The van der Waals surface area contributed by atoms with Crippen LogP contribution in [0.2, 0.25) is 0 Å². The van der Waals surface area contributed by atoms with E-state index in [1.54, 1.807) is 11.3 Å². The molecule has 1 aromatic heterocycles. The molecule has 136 valence electrons. The van der Waals surface area contributed by atoms with Gasteiger partial charge in [0, 0.05) is 35.8 Å². The molecule has 3 heterocycles. The molecule has 0 spiro atoms. The van der Waals surface area contributed by atoms with Crippen LogP contribution in [0, 0.1) is 12.8 Å². The van der Waals surface area contributed by atoms with E-state index < -0.39 is 0 Å². The van der Waals surface area contributed by atoms with Crippen LogP contribution in [0.5, 0.6) is 0 Å². The Kier molecular flexibility index (Phi) is 4.78. The zero-order valence-electron chi connectivity index (χ0n) is 14.9. The highest BCUT2D eigenvalue weighted by atomic mass is 32.1. The Morgan fingerprint density at radius 1 is 1.31 bits per heavy atom. The third kappa shape index (κ3) is 3.27. The topological polar surface area (TPSA) is 61.4 Å². The van der Waals surface area contributed by atoms with Gasteiger partial charge in [0.05, 0.1) is 5.92 Å². The van der Waals surface area contributed by atoms with Crippen LogP contribution in [0.3, 0.4) is 0 Å². The lowest BCUT2D eigenvalue weighted by Crippen LogP contribution is -2.35. The fraction of sp³-hybridized carbons (Fsp3) is 0.400. The zero-order valence-corrected chi connectivity index (χ0v) is 15.7. The fourth-order valence-electron chi connectivity index (χ4n) is 3.71. The van der Waals surface area contributed by atoms with E-state index in [1.165, 1.54) is 10.4 Å². The second-order valence-corrected chi connectivity index (χ2v) is 8.00. The van der Waals surface area contributed by atoms with Crippen molar-refractivity contribution in [1.82, 2.24) is 10.2 Å². The van der Waals surface area contributed by atoms with Gasteiger partial charge in [-0.1, -0.05) is 6.07 Å². The Morgan fingerprint density at radius 2 is 2.19 bits per heavy atom. The summed E-state index contributed by atoms with van der Waals surface area (Å²) in [6.45, 7) is 4.93. The van der Waals surface area contributed by atoms with E-state index in [9.17, 15) is 9.59 Å². The van der Waals surface area contributed by atoms with E-state index in [0.717, 1.165) is 43.7 Å². The highest BCUT2D eigenvalue weighted by Gasteiger charge is 2.26. The van der Waals surface area contributed by atoms with Gasteiger partial charge in [-0.2, -0.15) is 0 Å². The van der Waals surface area contributed by atoms with Crippen molar-refractivity contribution in [3.05, 3.63) is 51.2 Å². The van der Waals surface area contributed by atoms with Gasteiger partial charge in [-0.3, -0.25) is 9.59 Å². The van der Waals surface area contributed by atoms with Crippen LogP contribution in [-0.4, -0.2) is 36.3 Å². The van der Waals surface area contributed by atoms with Crippen LogP contribution >= 0.6 is 11.3 Å². The summed E-state index contributed by atoms with van der Waals surface area (Å²) in [5.74, 6) is 0.0782. The lowest BCUT2D eigenvalue weighted by molar-refractivity contribution is -0.119. The third-order valence-corrected chi connectivity index (χ3v) is 6.37. The number of hydrogen-bond donors (Lipinski definition) is 2. The molecule has 1 aromatic carbocycles. The zero-order chi connectivity index (χ0) is 18.1. The molecule has 0 aliphatic carbocycles. The minimum Gasteiger partial charge on any atom is -0.334 e. The van der Waals surface area contributed by atoms with Gasteiger partial charge in [0.15, 0.2) is 0 Å². The van der Waals surface area contributed by atoms with Gasteiger partial charge in [-0.05, 0) is 61.0 Å². The van der Waals surface area contributed by atoms with Gasteiger partial charge < -0.3 is 15.5 Å². The third-order valence-electron chi connectivity index (χ3n) is 5.35. The molecule has 4 rings (SSSR count). The summed E-state index contributed by atoms with van der Waals surface area (Å²) in [7, 11) is 0. The van der Waals surface area contributed by atoms with E-state index >= 15 is 0 Å². The monoisotopic (exact) mass is 369 g/mol. The van der Waals surface area contributed by atoms with Gasteiger partial charge >= 0.3 is 0 Å². The summed E-state index contributed by atoms with van der Waals surface area (Å²) in [5.41, 5.74) is 3.50. The summed E-state index contributed by atoms with van der Waals surface area (Å²) < 4.78 is 0. The number of anilines is 1. The summed E-state index contributed by atoms with van der Waals surface area (Å²) in [6.07, 6.45) is 1.78. The van der Waals surface area contributed by atoms with E-state index in [-0.39, 0.29) is 17.7 Å². The Morgan fingerprint density at radius 3 is 3.00 bits per heavy atom. The number of thiophene rings is 1. The molecule has 26 heavy (non-hydrogen) atoms. The lowest BCUT2D eigenvalue weighted by atomic mass is 10.0. The van der Waals surface area contributed by atoms with Crippen molar-refractivity contribution in [3.8, 4) is 0 Å². The maximum Gasteiger partial charge on any atom is 0.254 e. The molecule has 1 atom stereocenters. The highest BCUT2D eigenvalue weighted by molar-refractivity contribution is 7.10. The maximum atomic E-state index is 13.1. The molecule has 0 saturated carbocycles. The van der Waals surface area contributed by atoms with Crippen LogP contribution in [0.1, 0.15) is 32.8 Å². The number of nitrogens with one attached hydrogen (secondary N) is 2. The normalized spacial score (nSPS) is 19.3. The number of nitrogens with zero attached hydrogens (tertiary/aromatic N) is 1. The summed E-state index contributed by atoms with van der Waals surface area (Å²) >= 11 is 1.77. The van der Waals surface area contributed by atoms with Crippen LogP contribution in [0.15, 0.2) is 29.6 Å². The number of amides is 2. The number of hydrogen-bond acceptors (Lipinski definition) is 4. The van der Waals surface area contributed by atoms with Crippen molar-refractivity contribution in [2.75, 3.05) is 25.0 Å². The number of fused-ring (bicyclic) bond motifs is 1. The molecule has 0 bridgehead atoms. The van der Waals surface area contributed by atoms with Crippen LogP contribution < -0.4 is 10.6 Å². The van der Waals surface area contributed by atoms with Gasteiger partial charge in [0.25, 0.3) is 5.91 Å². The average molecular weight is 369 g/mol. The first-order valence-corrected chi connectivity index (χ1v) is 9.97. The van der Waals surface area contributed by atoms with Gasteiger partial charge in [-0.15, -0.1) is 11.3 Å². The van der Waals surface area contributed by atoms with Crippen molar-refractivity contribution in [3.63, 3.8) is 0 Å². The van der Waals surface area contributed by atoms with Crippen LogP contribution in [0.4, 0.5) is 5.69 Å². The molecule has 0 radical (unpaired) electrons. The van der Waals surface area contributed by atoms with E-state index in [0.29, 0.717) is 12.1 Å². The number of rotatable bonds is 3. The fourth-order valence-corrected chi connectivity index (χ4v) is 4.60. The van der Waals surface area contributed by atoms with Gasteiger partial charge in [0.2, 0.25) is 5.91 Å². The van der Waals surface area contributed by atoms with E-state index in [4.69, 9.17) is 0 Å². The predicted octanol–water partition coefficient (Wildman–Crippen LogP) is 2.80. The minimum atomic E-state index is 0.00728. The first-order valence-electron chi connectivity index (χ1n) is 9.09. The van der Waals surface area contributed by atoms with Gasteiger partial charge in [0.1, 0.15) is 0 Å². The van der Waals surface area contributed by atoms with Crippen molar-refractivity contribution in [2.45, 2.75) is 26.3 Å². The SMILES string of the molecule is Cc1c(NC(=O)C2CCNC2)cccc1C(=O)N1CCc2sccc2C1. The number of benzene rings is 1. The smallest absolute Gasteiger partial charge is 0.254 e. The second-order valence-electron chi connectivity index (χ2n) is 7.00. The number of carbonyl (C=O) groups excluding carboxylic acids is 2. The summed E-state index contributed by atoms with van der Waals surface area (Å²) in [6, 6.07) is 7.69. The number of carbonyl (C=O) groups is 2. The Hall–Kier alpha value is -2.18. The standard InChI is InChI=1S/C20H23N3O2S/c1-13-16(20(25)23-9-6-18-15(12-23)7-10-26-18)3-2-4-17(13)22-19(24)14-5-8-21-11-14/h2-4,7,10,14,21H,5-6,8-9,11-12H2,1H3,(H,22,24). The largest absolute Gasteiger partial charge is 0.334 e. The van der Waals surface area contributed by atoms with Gasteiger partial charge in [-0.25, -0.2) is 0 Å². The Balaban J connectivity index is 1.52. The Bertz CT molecular complexity index is 839. The predicted molar refractivity (Wildman–Crippen MR) is 104 cm³/mol. The van der Waals surface area contributed by atoms with Crippen LogP contribution in [0.25, 0.3) is 0 Å². The first-order chi connectivity index (χ1) is 12.6. The maximum absolute atomic E-state index is 13.1. The van der Waals surface area contributed by atoms with Crippen molar-refractivity contribution >= 4 is 28.8 Å². The quantitative estimate of drug-likeness (QED) is 0.875. The highest BCUT2D eigenvalue weighted by Crippen LogP contribution is 2.27. The summed E-state index contributed by atoms with van der Waals surface area (Å²) in [5, 5.41) is 8.32. The molecule has 2 aliphatic rings. The Labute approximate surface area is 157 Å². The van der Waals surface area contributed by atoms with Crippen molar-refractivity contribution < 1.29 is 9.59 Å². The van der Waals surface area contributed by atoms with E-state index in [1.807, 2.05) is 30.0 Å². The van der Waals surface area contributed by atoms with Crippen molar-refractivity contribution in [1.29, 1.82) is 0 Å². The molecule has 2 N–H and O–H groups in total. The molecular weight excluding hydrogens is 346 g/mol.